The predicted molar refractivity (Wildman–Crippen MR) is 54.3 cm³/mol. The van der Waals surface area contributed by atoms with Gasteiger partial charge in [-0.1, -0.05) is 11.6 Å². The van der Waals surface area contributed by atoms with Crippen molar-refractivity contribution < 1.29 is 4.74 Å². The van der Waals surface area contributed by atoms with Crippen molar-refractivity contribution in [2.45, 2.75) is 19.0 Å². The first-order valence-corrected chi connectivity index (χ1v) is 5.12. The minimum atomic E-state index is 0.452. The molecule has 0 radical (unpaired) electrons. The summed E-state index contributed by atoms with van der Waals surface area (Å²) in [4.78, 5) is 0. The van der Waals surface area contributed by atoms with Gasteiger partial charge < -0.3 is 10.1 Å². The van der Waals surface area contributed by atoms with Gasteiger partial charge in [0, 0.05) is 32.4 Å². The Morgan fingerprint density at radius 1 is 1.79 bits per heavy atom. The first-order chi connectivity index (χ1) is 6.75. The molecule has 1 atom stereocenters. The van der Waals surface area contributed by atoms with E-state index in [1.165, 1.54) is 0 Å². The van der Waals surface area contributed by atoms with Crippen LogP contribution in [0.25, 0.3) is 0 Å². The lowest BCUT2D eigenvalue weighted by Gasteiger charge is -2.08. The minimum Gasteiger partial charge on any atom is -0.380 e. The van der Waals surface area contributed by atoms with Crippen molar-refractivity contribution >= 4 is 11.6 Å². The van der Waals surface area contributed by atoms with Crippen LogP contribution in [-0.4, -0.2) is 29.0 Å². The molecule has 5 heteroatoms. The van der Waals surface area contributed by atoms with Crippen molar-refractivity contribution in [2.24, 2.45) is 7.05 Å². The van der Waals surface area contributed by atoms with E-state index in [0.717, 1.165) is 30.4 Å². The molecule has 0 bridgehead atoms. The van der Waals surface area contributed by atoms with E-state index in [4.69, 9.17) is 16.3 Å². The molecule has 0 saturated carbocycles. The molecule has 14 heavy (non-hydrogen) atoms. The molecular formula is C9H14ClN3O. The molecule has 1 aromatic heterocycles. The topological polar surface area (TPSA) is 39.1 Å². The van der Waals surface area contributed by atoms with Gasteiger partial charge in [-0.15, -0.1) is 0 Å². The zero-order chi connectivity index (χ0) is 9.97. The van der Waals surface area contributed by atoms with Crippen molar-refractivity contribution in [3.8, 4) is 0 Å². The number of hydrogen-bond acceptors (Lipinski definition) is 3. The molecule has 0 amide bonds. The lowest BCUT2D eigenvalue weighted by molar-refractivity contribution is 0.189. The molecule has 1 N–H and O–H groups in total. The van der Waals surface area contributed by atoms with E-state index in [0.29, 0.717) is 12.6 Å². The first-order valence-electron chi connectivity index (χ1n) is 4.75. The number of halogens is 1. The van der Waals surface area contributed by atoms with Crippen molar-refractivity contribution in [1.82, 2.24) is 15.1 Å². The van der Waals surface area contributed by atoms with E-state index in [-0.39, 0.29) is 0 Å². The summed E-state index contributed by atoms with van der Waals surface area (Å²) < 4.78 is 6.99. The van der Waals surface area contributed by atoms with Crippen molar-refractivity contribution in [3.05, 3.63) is 16.9 Å². The second-order valence-electron chi connectivity index (χ2n) is 3.54. The number of nitrogens with one attached hydrogen (secondary N) is 1. The Morgan fingerprint density at radius 2 is 2.64 bits per heavy atom. The number of nitrogens with zero attached hydrogens (tertiary/aromatic N) is 2. The summed E-state index contributed by atoms with van der Waals surface area (Å²) in [6.45, 7) is 2.37. The fourth-order valence-electron chi connectivity index (χ4n) is 1.56. The quantitative estimate of drug-likeness (QED) is 0.816. The molecule has 4 nitrogen and oxygen atoms in total. The van der Waals surface area contributed by atoms with Gasteiger partial charge in [0.2, 0.25) is 0 Å². The molecule has 78 valence electrons. The Morgan fingerprint density at radius 3 is 3.21 bits per heavy atom. The number of aryl methyl sites for hydroxylation is 1. The third kappa shape index (κ3) is 2.26. The summed E-state index contributed by atoms with van der Waals surface area (Å²) in [5.41, 5.74) is 0.904. The van der Waals surface area contributed by atoms with Crippen LogP contribution < -0.4 is 5.32 Å². The highest BCUT2D eigenvalue weighted by Crippen LogP contribution is 2.13. The summed E-state index contributed by atoms with van der Waals surface area (Å²) in [7, 11) is 1.87. The highest BCUT2D eigenvalue weighted by molar-refractivity contribution is 6.31. The molecule has 0 aliphatic carbocycles. The van der Waals surface area contributed by atoms with Crippen LogP contribution in [0.1, 0.15) is 12.1 Å². The molecule has 0 spiro atoms. The van der Waals surface area contributed by atoms with E-state index in [9.17, 15) is 0 Å². The van der Waals surface area contributed by atoms with E-state index in [1.54, 1.807) is 4.68 Å². The third-order valence-corrected chi connectivity index (χ3v) is 2.66. The van der Waals surface area contributed by atoms with Crippen molar-refractivity contribution in [1.29, 1.82) is 0 Å². The zero-order valence-corrected chi connectivity index (χ0v) is 8.92. The van der Waals surface area contributed by atoms with Gasteiger partial charge >= 0.3 is 0 Å². The molecule has 0 aromatic carbocycles. The van der Waals surface area contributed by atoms with Gasteiger partial charge in [0.25, 0.3) is 0 Å². The highest BCUT2D eigenvalue weighted by Gasteiger charge is 2.15. The van der Waals surface area contributed by atoms with Crippen LogP contribution in [0.2, 0.25) is 5.02 Å². The molecular weight excluding hydrogens is 202 g/mol. The van der Waals surface area contributed by atoms with Crippen LogP contribution in [0.5, 0.6) is 0 Å². The molecule has 1 unspecified atom stereocenters. The van der Waals surface area contributed by atoms with Gasteiger partial charge in [-0.2, -0.15) is 5.10 Å². The standard InChI is InChI=1S/C9H14ClN3O/c1-13-5-8(10)9(12-13)4-11-7-2-3-14-6-7/h5,7,11H,2-4,6H2,1H3. The Bertz CT molecular complexity index is 307. The monoisotopic (exact) mass is 215 g/mol. The van der Waals surface area contributed by atoms with Crippen LogP contribution >= 0.6 is 11.6 Å². The molecule has 1 saturated heterocycles. The molecule has 2 rings (SSSR count). The van der Waals surface area contributed by atoms with Gasteiger partial charge in [0.05, 0.1) is 17.3 Å². The second-order valence-corrected chi connectivity index (χ2v) is 3.95. The highest BCUT2D eigenvalue weighted by atomic mass is 35.5. The van der Waals surface area contributed by atoms with E-state index in [1.807, 2.05) is 13.2 Å². The number of hydrogen-bond donors (Lipinski definition) is 1. The van der Waals surface area contributed by atoms with Crippen LogP contribution in [0.15, 0.2) is 6.20 Å². The van der Waals surface area contributed by atoms with Crippen LogP contribution in [-0.2, 0) is 18.3 Å². The Balaban J connectivity index is 1.87. The first kappa shape index (κ1) is 9.96. The van der Waals surface area contributed by atoms with Gasteiger partial charge in [-0.05, 0) is 6.42 Å². The largest absolute Gasteiger partial charge is 0.380 e. The average Bonchev–Trinajstić information content (AvgIpc) is 2.72. The lowest BCUT2D eigenvalue weighted by atomic mass is 10.2. The second kappa shape index (κ2) is 4.29. The van der Waals surface area contributed by atoms with E-state index < -0.39 is 0 Å². The maximum atomic E-state index is 5.98. The Hall–Kier alpha value is -0.580. The van der Waals surface area contributed by atoms with Gasteiger partial charge in [-0.3, -0.25) is 4.68 Å². The van der Waals surface area contributed by atoms with Crippen LogP contribution in [0.3, 0.4) is 0 Å². The molecule has 1 aliphatic heterocycles. The molecule has 1 aliphatic rings. The zero-order valence-electron chi connectivity index (χ0n) is 8.16. The number of aromatic nitrogens is 2. The summed E-state index contributed by atoms with van der Waals surface area (Å²) in [5.74, 6) is 0. The fourth-order valence-corrected chi connectivity index (χ4v) is 1.81. The molecule has 1 aromatic rings. The summed E-state index contributed by atoms with van der Waals surface area (Å²) in [6.07, 6.45) is 2.88. The predicted octanol–water partition coefficient (Wildman–Crippen LogP) is 0.952. The lowest BCUT2D eigenvalue weighted by Crippen LogP contribution is -2.28. The van der Waals surface area contributed by atoms with Gasteiger partial charge in [-0.25, -0.2) is 0 Å². The number of ether oxygens (including phenoxy) is 1. The van der Waals surface area contributed by atoms with Crippen molar-refractivity contribution in [2.75, 3.05) is 13.2 Å². The third-order valence-electron chi connectivity index (χ3n) is 2.34. The molecule has 1 fully saturated rings. The fraction of sp³-hybridized carbons (Fsp3) is 0.667. The summed E-state index contributed by atoms with van der Waals surface area (Å²) >= 11 is 5.98. The Labute approximate surface area is 88.2 Å². The summed E-state index contributed by atoms with van der Waals surface area (Å²) in [6, 6.07) is 0.452. The van der Waals surface area contributed by atoms with Gasteiger partial charge in [0.15, 0.2) is 0 Å². The van der Waals surface area contributed by atoms with Crippen LogP contribution in [0, 0.1) is 0 Å². The maximum absolute atomic E-state index is 5.98. The van der Waals surface area contributed by atoms with Crippen LogP contribution in [0.4, 0.5) is 0 Å². The van der Waals surface area contributed by atoms with Gasteiger partial charge in [0.1, 0.15) is 0 Å². The van der Waals surface area contributed by atoms with E-state index >= 15 is 0 Å². The smallest absolute Gasteiger partial charge is 0.0948 e. The average molecular weight is 216 g/mol. The Kier molecular flexibility index (Phi) is 3.05. The minimum absolute atomic E-state index is 0.452. The SMILES string of the molecule is Cn1cc(Cl)c(CNC2CCOC2)n1. The number of rotatable bonds is 3. The maximum Gasteiger partial charge on any atom is 0.0948 e. The summed E-state index contributed by atoms with van der Waals surface area (Å²) in [5, 5.41) is 8.34. The normalized spacial score (nSPS) is 21.7. The van der Waals surface area contributed by atoms with Crippen molar-refractivity contribution in [3.63, 3.8) is 0 Å². The molecule has 2 heterocycles. The van der Waals surface area contributed by atoms with E-state index in [2.05, 4.69) is 10.4 Å².